The summed E-state index contributed by atoms with van der Waals surface area (Å²) in [6, 6.07) is 15.9. The number of hydrogen-bond donors (Lipinski definition) is 0. The van der Waals surface area contributed by atoms with E-state index in [9.17, 15) is 4.79 Å². The summed E-state index contributed by atoms with van der Waals surface area (Å²) in [5.74, 6) is 1.19. The summed E-state index contributed by atoms with van der Waals surface area (Å²) in [5.41, 5.74) is 1.76. The molecule has 0 amide bonds. The van der Waals surface area contributed by atoms with E-state index in [2.05, 4.69) is 35.0 Å². The molecule has 0 atom stereocenters. The summed E-state index contributed by atoms with van der Waals surface area (Å²) in [5, 5.41) is 0. The Kier molecular flexibility index (Phi) is 9.06. The van der Waals surface area contributed by atoms with Crippen molar-refractivity contribution in [3.05, 3.63) is 70.2 Å². The van der Waals surface area contributed by atoms with Crippen molar-refractivity contribution in [1.29, 1.82) is 0 Å². The predicted molar refractivity (Wildman–Crippen MR) is 113 cm³/mol. The average molecular weight is 417 g/mol. The van der Waals surface area contributed by atoms with Crippen LogP contribution in [0.2, 0.25) is 0 Å². The smallest absolute Gasteiger partial charge is 0.185 e. The Morgan fingerprint density at radius 1 is 0.960 bits per heavy atom. The van der Waals surface area contributed by atoms with Gasteiger partial charge in [0.05, 0.1) is 0 Å². The molecule has 25 heavy (non-hydrogen) atoms. The van der Waals surface area contributed by atoms with Crippen LogP contribution in [-0.4, -0.2) is 11.5 Å². The monoisotopic (exact) mass is 416 g/mol. The largest absolute Gasteiger partial charge is 0.289 e. The molecule has 0 aliphatic rings. The van der Waals surface area contributed by atoms with E-state index in [0.717, 1.165) is 21.4 Å². The first-order valence-electron chi connectivity index (χ1n) is 8.90. The lowest BCUT2D eigenvalue weighted by Crippen LogP contribution is -1.93. The minimum atomic E-state index is 0.0408. The number of rotatable bonds is 10. The highest BCUT2D eigenvalue weighted by Gasteiger charge is 2.02. The maximum atomic E-state index is 12.3. The van der Waals surface area contributed by atoms with Crippen LogP contribution < -0.4 is 0 Å². The van der Waals surface area contributed by atoms with Gasteiger partial charge in [0.15, 0.2) is 5.78 Å². The molecule has 0 radical (unpaired) electrons. The molecule has 0 saturated heterocycles. The molecule has 1 nitrogen and oxygen atoms in total. The number of allylic oxidation sites excluding steroid dienone is 1. The van der Waals surface area contributed by atoms with Gasteiger partial charge >= 0.3 is 0 Å². The van der Waals surface area contributed by atoms with Crippen LogP contribution in [0.15, 0.2) is 64.0 Å². The van der Waals surface area contributed by atoms with Crippen LogP contribution in [0.1, 0.15) is 54.9 Å². The molecule has 0 saturated carbocycles. The summed E-state index contributed by atoms with van der Waals surface area (Å²) in [7, 11) is 0. The first-order chi connectivity index (χ1) is 12.2. The standard InChI is InChI=1S/C22H25BrOS/c1-2-3-4-5-6-17-25-21-14-10-19(11-15-21)22(24)16-9-18-7-12-20(23)13-8-18/h7-16H,2-6,17H2,1H3/b16-9+. The second-order valence-electron chi connectivity index (χ2n) is 6.04. The zero-order chi connectivity index (χ0) is 17.9. The molecule has 0 N–H and O–H groups in total. The number of carbonyl (C=O) groups is 1. The summed E-state index contributed by atoms with van der Waals surface area (Å²) in [6.07, 6.45) is 10.1. The van der Waals surface area contributed by atoms with Crippen LogP contribution in [0.4, 0.5) is 0 Å². The van der Waals surface area contributed by atoms with Crippen LogP contribution in [0.3, 0.4) is 0 Å². The van der Waals surface area contributed by atoms with Gasteiger partial charge in [0.1, 0.15) is 0 Å². The van der Waals surface area contributed by atoms with Gasteiger partial charge in [-0.1, -0.05) is 66.7 Å². The molecule has 2 aromatic carbocycles. The Balaban J connectivity index is 1.80. The van der Waals surface area contributed by atoms with Crippen LogP contribution in [0, 0.1) is 0 Å². The Morgan fingerprint density at radius 3 is 2.32 bits per heavy atom. The highest BCUT2D eigenvalue weighted by atomic mass is 79.9. The number of carbonyl (C=O) groups excluding carboxylic acids is 1. The third kappa shape index (κ3) is 7.62. The minimum absolute atomic E-state index is 0.0408. The zero-order valence-corrected chi connectivity index (χ0v) is 17.1. The van der Waals surface area contributed by atoms with Gasteiger partial charge in [0, 0.05) is 14.9 Å². The van der Waals surface area contributed by atoms with Crippen LogP contribution in [0.25, 0.3) is 6.08 Å². The number of unbranched alkanes of at least 4 members (excludes halogenated alkanes) is 4. The Labute approximate surface area is 164 Å². The van der Waals surface area contributed by atoms with Crippen molar-refractivity contribution in [1.82, 2.24) is 0 Å². The van der Waals surface area contributed by atoms with Crippen LogP contribution in [-0.2, 0) is 0 Å². The Hall–Kier alpha value is -1.32. The minimum Gasteiger partial charge on any atom is -0.289 e. The maximum Gasteiger partial charge on any atom is 0.185 e. The molecule has 0 fully saturated rings. The van der Waals surface area contributed by atoms with E-state index < -0.39 is 0 Å². The fourth-order valence-corrected chi connectivity index (χ4v) is 3.63. The van der Waals surface area contributed by atoms with Gasteiger partial charge in [-0.25, -0.2) is 0 Å². The molecule has 0 aliphatic heterocycles. The SMILES string of the molecule is CCCCCCCSc1ccc(C(=O)/C=C/c2ccc(Br)cc2)cc1. The molecule has 2 rings (SSSR count). The quantitative estimate of drug-likeness (QED) is 0.173. The summed E-state index contributed by atoms with van der Waals surface area (Å²) in [6.45, 7) is 2.24. The predicted octanol–water partition coefficient (Wildman–Crippen LogP) is 7.41. The lowest BCUT2D eigenvalue weighted by atomic mass is 10.1. The molecule has 0 bridgehead atoms. The van der Waals surface area contributed by atoms with E-state index in [1.54, 1.807) is 6.08 Å². The lowest BCUT2D eigenvalue weighted by Gasteiger charge is -2.03. The number of halogens is 1. The highest BCUT2D eigenvalue weighted by molar-refractivity contribution is 9.10. The molecule has 0 unspecified atom stereocenters. The van der Waals surface area contributed by atoms with Gasteiger partial charge in [-0.05, 0) is 60.2 Å². The van der Waals surface area contributed by atoms with Crippen molar-refractivity contribution in [2.24, 2.45) is 0 Å². The van der Waals surface area contributed by atoms with Gasteiger partial charge < -0.3 is 0 Å². The average Bonchev–Trinajstić information content (AvgIpc) is 2.64. The molecule has 2 aromatic rings. The topological polar surface area (TPSA) is 17.1 Å². The van der Waals surface area contributed by atoms with E-state index in [1.165, 1.54) is 37.0 Å². The number of benzene rings is 2. The Morgan fingerprint density at radius 2 is 1.64 bits per heavy atom. The van der Waals surface area contributed by atoms with Gasteiger partial charge in [-0.3, -0.25) is 4.79 Å². The summed E-state index contributed by atoms with van der Waals surface area (Å²) >= 11 is 5.29. The molecule has 0 spiro atoms. The second-order valence-corrected chi connectivity index (χ2v) is 8.12. The van der Waals surface area contributed by atoms with Crippen molar-refractivity contribution < 1.29 is 4.79 Å². The first-order valence-corrected chi connectivity index (χ1v) is 10.7. The van der Waals surface area contributed by atoms with Crippen molar-refractivity contribution in [2.75, 3.05) is 5.75 Å². The first kappa shape index (κ1) is 20.0. The number of ketones is 1. The van der Waals surface area contributed by atoms with E-state index in [0.29, 0.717) is 0 Å². The Bertz CT molecular complexity index is 674. The maximum absolute atomic E-state index is 12.3. The van der Waals surface area contributed by atoms with E-state index in [1.807, 2.05) is 54.2 Å². The third-order valence-corrected chi connectivity index (χ3v) is 5.58. The van der Waals surface area contributed by atoms with Crippen LogP contribution >= 0.6 is 27.7 Å². The van der Waals surface area contributed by atoms with E-state index >= 15 is 0 Å². The number of hydrogen-bond acceptors (Lipinski definition) is 2. The van der Waals surface area contributed by atoms with Crippen LogP contribution in [0.5, 0.6) is 0 Å². The highest BCUT2D eigenvalue weighted by Crippen LogP contribution is 2.21. The summed E-state index contributed by atoms with van der Waals surface area (Å²) < 4.78 is 1.04. The molecular weight excluding hydrogens is 392 g/mol. The normalized spacial score (nSPS) is 11.1. The van der Waals surface area contributed by atoms with Gasteiger partial charge in [0.2, 0.25) is 0 Å². The van der Waals surface area contributed by atoms with Crippen molar-refractivity contribution in [2.45, 2.75) is 43.9 Å². The fraction of sp³-hybridized carbons (Fsp3) is 0.318. The van der Waals surface area contributed by atoms with E-state index in [4.69, 9.17) is 0 Å². The van der Waals surface area contributed by atoms with Crippen molar-refractivity contribution in [3.63, 3.8) is 0 Å². The van der Waals surface area contributed by atoms with Gasteiger partial charge in [-0.2, -0.15) is 0 Å². The molecule has 3 heteroatoms. The molecule has 0 heterocycles. The second kappa shape index (κ2) is 11.3. The molecular formula is C22H25BrOS. The summed E-state index contributed by atoms with van der Waals surface area (Å²) in [4.78, 5) is 13.5. The number of thioether (sulfide) groups is 1. The molecule has 0 aliphatic carbocycles. The zero-order valence-electron chi connectivity index (χ0n) is 14.7. The van der Waals surface area contributed by atoms with Gasteiger partial charge in [-0.15, -0.1) is 11.8 Å². The van der Waals surface area contributed by atoms with Crippen molar-refractivity contribution >= 4 is 39.6 Å². The fourth-order valence-electron chi connectivity index (χ4n) is 2.45. The third-order valence-electron chi connectivity index (χ3n) is 3.95. The molecule has 132 valence electrons. The van der Waals surface area contributed by atoms with Gasteiger partial charge in [0.25, 0.3) is 0 Å². The van der Waals surface area contributed by atoms with Crippen molar-refractivity contribution in [3.8, 4) is 0 Å². The lowest BCUT2D eigenvalue weighted by molar-refractivity contribution is 0.104. The molecule has 0 aromatic heterocycles. The van der Waals surface area contributed by atoms with E-state index in [-0.39, 0.29) is 5.78 Å².